The maximum absolute atomic E-state index is 13.8. The summed E-state index contributed by atoms with van der Waals surface area (Å²) < 4.78 is 20.1. The lowest BCUT2D eigenvalue weighted by atomic mass is 10.1. The first kappa shape index (κ1) is 14.8. The normalized spacial score (nSPS) is 10.4. The maximum Gasteiger partial charge on any atom is 0.165 e. The Bertz CT molecular complexity index is 707. The van der Waals surface area contributed by atoms with E-state index in [0.29, 0.717) is 24.1 Å². The molecule has 0 spiro atoms. The van der Waals surface area contributed by atoms with Crippen LogP contribution in [0, 0.1) is 5.82 Å². The van der Waals surface area contributed by atoms with Crippen molar-refractivity contribution in [1.29, 1.82) is 0 Å². The molecule has 0 unspecified atom stereocenters. The number of ether oxygens (including phenoxy) is 1. The summed E-state index contributed by atoms with van der Waals surface area (Å²) in [6.45, 7) is 6.01. The van der Waals surface area contributed by atoms with Crippen molar-refractivity contribution in [3.05, 3.63) is 41.7 Å². The van der Waals surface area contributed by atoms with Gasteiger partial charge in [-0.1, -0.05) is 12.2 Å². The fourth-order valence-electron chi connectivity index (χ4n) is 2.01. The zero-order valence-electron chi connectivity index (χ0n) is 11.9. The second kappa shape index (κ2) is 5.78. The molecule has 110 valence electrons. The average Bonchev–Trinajstić information content (AvgIpc) is 2.74. The molecule has 5 nitrogen and oxygen atoms in total. The minimum absolute atomic E-state index is 0.126. The van der Waals surface area contributed by atoms with Crippen molar-refractivity contribution in [3.8, 4) is 17.0 Å². The van der Waals surface area contributed by atoms with Crippen molar-refractivity contribution < 1.29 is 13.9 Å². The van der Waals surface area contributed by atoms with E-state index in [-0.39, 0.29) is 17.1 Å². The number of anilines is 1. The standard InChI is InChI=1S/C15H16FN3O2/c1-9(2)7-19-15(17)11(8-20)14(18-19)10-4-5-13(21-3)12(16)6-10/h4-6,8H,1,7,17H2,2-3H3. The Morgan fingerprint density at radius 2 is 2.29 bits per heavy atom. The SMILES string of the molecule is C=C(C)Cn1nc(-c2ccc(OC)c(F)c2)c(C=O)c1N. The van der Waals surface area contributed by atoms with E-state index < -0.39 is 5.82 Å². The van der Waals surface area contributed by atoms with E-state index in [2.05, 4.69) is 11.7 Å². The topological polar surface area (TPSA) is 70.1 Å². The highest BCUT2D eigenvalue weighted by Crippen LogP contribution is 2.29. The number of halogens is 1. The number of carbonyl (C=O) groups excluding carboxylic acids is 1. The second-order valence-corrected chi connectivity index (χ2v) is 4.73. The highest BCUT2D eigenvalue weighted by molar-refractivity contribution is 5.91. The van der Waals surface area contributed by atoms with Crippen LogP contribution in [0.5, 0.6) is 5.75 Å². The number of nitrogen functional groups attached to an aromatic ring is 1. The molecule has 0 saturated carbocycles. The molecule has 0 bridgehead atoms. The number of hydrogen-bond donors (Lipinski definition) is 1. The van der Waals surface area contributed by atoms with Gasteiger partial charge in [-0.3, -0.25) is 4.79 Å². The summed E-state index contributed by atoms with van der Waals surface area (Å²) in [5.41, 5.74) is 7.78. The van der Waals surface area contributed by atoms with E-state index in [1.54, 1.807) is 6.07 Å². The number of rotatable bonds is 5. The fourth-order valence-corrected chi connectivity index (χ4v) is 2.01. The van der Waals surface area contributed by atoms with Crippen LogP contribution in [0.25, 0.3) is 11.3 Å². The number of aldehydes is 1. The van der Waals surface area contributed by atoms with Crippen molar-refractivity contribution >= 4 is 12.1 Å². The third-order valence-electron chi connectivity index (χ3n) is 2.99. The first-order valence-electron chi connectivity index (χ1n) is 6.27. The summed E-state index contributed by atoms with van der Waals surface area (Å²) in [6.07, 6.45) is 0.620. The van der Waals surface area contributed by atoms with Crippen LogP contribution in [0.2, 0.25) is 0 Å². The lowest BCUT2D eigenvalue weighted by molar-refractivity contribution is 0.112. The highest BCUT2D eigenvalue weighted by atomic mass is 19.1. The van der Waals surface area contributed by atoms with Gasteiger partial charge >= 0.3 is 0 Å². The van der Waals surface area contributed by atoms with E-state index in [0.717, 1.165) is 5.57 Å². The van der Waals surface area contributed by atoms with Gasteiger partial charge < -0.3 is 10.5 Å². The number of allylic oxidation sites excluding steroid dienone is 1. The molecule has 0 radical (unpaired) electrons. The summed E-state index contributed by atoms with van der Waals surface area (Å²) in [5, 5.41) is 4.28. The first-order chi connectivity index (χ1) is 9.97. The summed E-state index contributed by atoms with van der Waals surface area (Å²) >= 11 is 0. The Kier molecular flexibility index (Phi) is 4.07. The number of nitrogens with two attached hydrogens (primary N) is 1. The number of nitrogens with zero attached hydrogens (tertiary/aromatic N) is 2. The third-order valence-corrected chi connectivity index (χ3v) is 2.99. The smallest absolute Gasteiger partial charge is 0.165 e. The predicted octanol–water partition coefficient (Wildman–Crippen LogP) is 2.67. The molecular weight excluding hydrogens is 273 g/mol. The lowest BCUT2D eigenvalue weighted by Gasteiger charge is -2.04. The molecule has 2 rings (SSSR count). The summed E-state index contributed by atoms with van der Waals surface area (Å²) in [4.78, 5) is 11.3. The molecule has 1 heterocycles. The fraction of sp³-hybridized carbons (Fsp3) is 0.200. The van der Waals surface area contributed by atoms with Gasteiger partial charge in [0.25, 0.3) is 0 Å². The highest BCUT2D eigenvalue weighted by Gasteiger charge is 2.18. The van der Waals surface area contributed by atoms with E-state index in [9.17, 15) is 9.18 Å². The minimum Gasteiger partial charge on any atom is -0.494 e. The van der Waals surface area contributed by atoms with Gasteiger partial charge in [0, 0.05) is 5.56 Å². The summed E-state index contributed by atoms with van der Waals surface area (Å²) in [5.74, 6) is -0.167. The Hall–Kier alpha value is -2.63. The quantitative estimate of drug-likeness (QED) is 0.678. The molecule has 0 aliphatic rings. The molecular formula is C15H16FN3O2. The molecule has 1 aromatic heterocycles. The van der Waals surface area contributed by atoms with Gasteiger partial charge in [0.2, 0.25) is 0 Å². The Morgan fingerprint density at radius 1 is 1.57 bits per heavy atom. The maximum atomic E-state index is 13.8. The van der Waals surface area contributed by atoms with Gasteiger partial charge in [0.1, 0.15) is 11.5 Å². The molecule has 0 atom stereocenters. The van der Waals surface area contributed by atoms with Crippen molar-refractivity contribution in [2.45, 2.75) is 13.5 Å². The van der Waals surface area contributed by atoms with E-state index in [1.165, 1.54) is 23.9 Å². The lowest BCUT2D eigenvalue weighted by Crippen LogP contribution is -2.05. The zero-order valence-corrected chi connectivity index (χ0v) is 11.9. The van der Waals surface area contributed by atoms with Gasteiger partial charge in [-0.2, -0.15) is 5.10 Å². The van der Waals surface area contributed by atoms with Crippen LogP contribution in [0.4, 0.5) is 10.2 Å². The predicted molar refractivity (Wildman–Crippen MR) is 78.8 cm³/mol. The molecule has 0 saturated heterocycles. The van der Waals surface area contributed by atoms with E-state index >= 15 is 0 Å². The van der Waals surface area contributed by atoms with Crippen LogP contribution in [-0.2, 0) is 6.54 Å². The summed E-state index contributed by atoms with van der Waals surface area (Å²) in [7, 11) is 1.38. The number of carbonyl (C=O) groups is 1. The molecule has 6 heteroatoms. The van der Waals surface area contributed by atoms with Gasteiger partial charge in [-0.05, 0) is 25.1 Å². The average molecular weight is 289 g/mol. The Labute approximate surface area is 121 Å². The van der Waals surface area contributed by atoms with Crippen molar-refractivity contribution in [2.24, 2.45) is 0 Å². The number of hydrogen-bond acceptors (Lipinski definition) is 4. The number of methoxy groups -OCH3 is 1. The van der Waals surface area contributed by atoms with Crippen LogP contribution in [0.1, 0.15) is 17.3 Å². The molecule has 21 heavy (non-hydrogen) atoms. The van der Waals surface area contributed by atoms with Crippen LogP contribution in [0.15, 0.2) is 30.4 Å². The first-order valence-corrected chi connectivity index (χ1v) is 6.27. The second-order valence-electron chi connectivity index (χ2n) is 4.73. The number of aromatic nitrogens is 2. The van der Waals surface area contributed by atoms with Crippen LogP contribution in [0.3, 0.4) is 0 Å². The van der Waals surface area contributed by atoms with Crippen LogP contribution < -0.4 is 10.5 Å². The van der Waals surface area contributed by atoms with E-state index in [4.69, 9.17) is 10.5 Å². The molecule has 0 aliphatic carbocycles. The molecule has 0 aliphatic heterocycles. The molecule has 1 aromatic carbocycles. The van der Waals surface area contributed by atoms with Gasteiger partial charge in [-0.15, -0.1) is 0 Å². The van der Waals surface area contributed by atoms with Gasteiger partial charge in [0.15, 0.2) is 17.9 Å². The largest absolute Gasteiger partial charge is 0.494 e. The van der Waals surface area contributed by atoms with Crippen molar-refractivity contribution in [3.63, 3.8) is 0 Å². The van der Waals surface area contributed by atoms with Gasteiger partial charge in [-0.25, -0.2) is 9.07 Å². The third kappa shape index (κ3) is 2.79. The molecule has 0 amide bonds. The summed E-state index contributed by atoms with van der Waals surface area (Å²) in [6, 6.07) is 4.37. The minimum atomic E-state index is -0.528. The monoisotopic (exact) mass is 289 g/mol. The van der Waals surface area contributed by atoms with Crippen molar-refractivity contribution in [2.75, 3.05) is 12.8 Å². The van der Waals surface area contributed by atoms with Crippen LogP contribution in [-0.4, -0.2) is 23.2 Å². The molecule has 2 aromatic rings. The Balaban J connectivity index is 2.55. The van der Waals surface area contributed by atoms with Crippen molar-refractivity contribution in [1.82, 2.24) is 9.78 Å². The van der Waals surface area contributed by atoms with Crippen LogP contribution >= 0.6 is 0 Å². The van der Waals surface area contributed by atoms with E-state index in [1.807, 2.05) is 6.92 Å². The molecule has 2 N–H and O–H groups in total. The van der Waals surface area contributed by atoms with Gasteiger partial charge in [0.05, 0.1) is 19.2 Å². The number of benzene rings is 1. The zero-order chi connectivity index (χ0) is 15.6. The molecule has 0 fully saturated rings. The Morgan fingerprint density at radius 3 is 2.81 bits per heavy atom.